The molecule has 5 fully saturated rings. The largest absolute Gasteiger partial charge is 0.489 e. The van der Waals surface area contributed by atoms with Crippen molar-refractivity contribution in [2.45, 2.75) is 135 Å². The molecule has 28 heteroatoms. The first-order valence-electron chi connectivity index (χ1n) is 49.2. The molecule has 5 aromatic rings. The molecule has 0 radical (unpaired) electrons. The molecule has 0 saturated carbocycles. The van der Waals surface area contributed by atoms with E-state index in [1.54, 1.807) is 0 Å². The molecule has 0 unspecified atom stereocenters. The molecule has 0 aliphatic carbocycles. The Kier molecular flexibility index (Phi) is 46.6. The Morgan fingerprint density at radius 2 is 0.457 bits per heavy atom. The van der Waals surface area contributed by atoms with Crippen molar-refractivity contribution in [3.63, 3.8) is 0 Å². The summed E-state index contributed by atoms with van der Waals surface area (Å²) in [5, 5.41) is 0. The zero-order valence-electron chi connectivity index (χ0n) is 78.3. The molecule has 10 aliphatic rings. The van der Waals surface area contributed by atoms with Crippen molar-refractivity contribution in [3.05, 3.63) is 91.0 Å². The highest BCUT2D eigenvalue weighted by molar-refractivity contribution is 5.69. The van der Waals surface area contributed by atoms with Gasteiger partial charge in [0, 0.05) is 229 Å². The Bertz CT molecular complexity index is 3660. The zero-order chi connectivity index (χ0) is 88.3. The predicted molar refractivity (Wildman–Crippen MR) is 522 cm³/mol. The van der Waals surface area contributed by atoms with E-state index in [2.05, 4.69) is 103 Å². The molecule has 10 N–H and O–H groups in total. The first-order chi connectivity index (χ1) is 62.4. The molecule has 0 spiro atoms. The maximum absolute atomic E-state index is 5.85. The quantitative estimate of drug-likeness (QED) is 0.0179. The number of likely N-dealkylation sites (tertiary alicyclic amines) is 2. The molecule has 10 heterocycles. The van der Waals surface area contributed by atoms with Crippen molar-refractivity contribution >= 4 is 56.9 Å². The van der Waals surface area contributed by atoms with Crippen LogP contribution in [0, 0.1) is 0 Å². The molecule has 712 valence electrons. The Hall–Kier alpha value is -7.42. The van der Waals surface area contributed by atoms with Gasteiger partial charge in [0.1, 0.15) is 61.8 Å². The summed E-state index contributed by atoms with van der Waals surface area (Å²) in [5.41, 5.74) is 38.9. The van der Waals surface area contributed by atoms with E-state index in [9.17, 15) is 0 Å². The fourth-order valence-corrected chi connectivity index (χ4v) is 17.9. The first-order valence-corrected chi connectivity index (χ1v) is 49.2. The minimum Gasteiger partial charge on any atom is -0.489 e. The summed E-state index contributed by atoms with van der Waals surface area (Å²) in [6.07, 6.45) is 25.7. The third kappa shape index (κ3) is 37.8. The summed E-state index contributed by atoms with van der Waals surface area (Å²) in [5.74, 6) is 4.60. The zero-order valence-corrected chi connectivity index (χ0v) is 78.3. The fourth-order valence-electron chi connectivity index (χ4n) is 17.9. The minimum atomic E-state index is 0.737. The maximum atomic E-state index is 5.85. The van der Waals surface area contributed by atoms with E-state index in [1.807, 2.05) is 60.7 Å². The second-order valence-corrected chi connectivity index (χ2v) is 35.7. The third-order valence-electron chi connectivity index (χ3n) is 25.7. The standard InChI is InChI=1S/C21H36N4O2.C20H34N4O2.C20H33N3O2.C19H31N3O3.C19H31N3O2/c1-23-10-12-24(13-11-23)8-5-16-26-15-4-2-3-9-25-14-17-27-21-18-19(22)6-7-20(21)25;1-22-8-10-23(11-9-22)12-15-25-14-4-2-3-7-24-13-16-26-20-17-18(21)5-6-19(20)24;21-18-7-8-19-20(17-18)25-16-13-23(19)11-5-2-6-14-24-15-12-22-9-3-1-4-10-22;20-17-4-5-18-19(16-17)25-15-10-22(18)6-2-1-3-11-23-12-7-21-8-13-24-14-9-21;20-17-6-7-18-19(16-17)24-15-12-22(18)10-2-1-5-13-23-14-11-21-8-3-4-9-21/h6-7,18H,2-5,8-17,22H2,1H3;5-6,17H,2-4,7-16,21H2,1H3;7-8,17H,1-6,9-16,21H2;4-5,16H,1-3,6-15,20H2;6-7,16H,1-5,8-15,20H2. The lowest BCUT2D eigenvalue weighted by molar-refractivity contribution is 0.0200. The number of rotatable bonds is 46. The topological polar surface area (TPSA) is 271 Å². The van der Waals surface area contributed by atoms with Crippen LogP contribution in [0.25, 0.3) is 0 Å². The fraction of sp³-hybridized carbons (Fsp3) is 0.697. The highest BCUT2D eigenvalue weighted by Crippen LogP contribution is 2.38. The number of nitrogens with zero attached hydrogens (tertiary/aromatic N) is 12. The van der Waals surface area contributed by atoms with Crippen LogP contribution < -0.4 is 76.9 Å². The van der Waals surface area contributed by atoms with E-state index < -0.39 is 0 Å². The molecule has 0 aromatic heterocycles. The lowest BCUT2D eigenvalue weighted by atomic mass is 10.1. The summed E-state index contributed by atoms with van der Waals surface area (Å²) in [4.78, 5) is 29.3. The summed E-state index contributed by atoms with van der Waals surface area (Å²) >= 11 is 0. The Balaban J connectivity index is 0.000000154. The van der Waals surface area contributed by atoms with E-state index in [0.717, 1.165) is 313 Å². The second kappa shape index (κ2) is 59.1. The van der Waals surface area contributed by atoms with E-state index in [0.29, 0.717) is 0 Å². The van der Waals surface area contributed by atoms with Gasteiger partial charge in [-0.25, -0.2) is 0 Å². The molecule has 15 rings (SSSR count). The smallest absolute Gasteiger partial charge is 0.144 e. The molecule has 10 aliphatic heterocycles. The Labute approximate surface area is 763 Å². The predicted octanol–water partition coefficient (Wildman–Crippen LogP) is 12.1. The summed E-state index contributed by atoms with van der Waals surface area (Å²) in [6, 6.07) is 29.8. The van der Waals surface area contributed by atoms with Crippen molar-refractivity contribution in [3.8, 4) is 28.7 Å². The number of hydrogen-bond acceptors (Lipinski definition) is 28. The van der Waals surface area contributed by atoms with Crippen LogP contribution in [-0.4, -0.2) is 351 Å². The number of benzene rings is 5. The lowest BCUT2D eigenvalue weighted by Gasteiger charge is -2.32. The van der Waals surface area contributed by atoms with Gasteiger partial charge in [-0.15, -0.1) is 0 Å². The summed E-state index contributed by atoms with van der Waals surface area (Å²) in [7, 11) is 4.40. The van der Waals surface area contributed by atoms with Crippen LogP contribution in [-0.2, 0) is 28.4 Å². The van der Waals surface area contributed by atoms with Crippen molar-refractivity contribution in [2.24, 2.45) is 0 Å². The molecular weight excluding hydrogens is 1600 g/mol. The number of nitrogens with two attached hydrogens (primary N) is 5. The van der Waals surface area contributed by atoms with Crippen LogP contribution in [0.15, 0.2) is 91.0 Å². The Morgan fingerprint density at radius 3 is 0.740 bits per heavy atom. The van der Waals surface area contributed by atoms with Gasteiger partial charge in [0.15, 0.2) is 0 Å². The lowest BCUT2D eigenvalue weighted by Crippen LogP contribution is -2.45. The molecule has 127 heavy (non-hydrogen) atoms. The van der Waals surface area contributed by atoms with Gasteiger partial charge < -0.3 is 130 Å². The van der Waals surface area contributed by atoms with Crippen LogP contribution in [0.4, 0.5) is 56.9 Å². The van der Waals surface area contributed by atoms with E-state index in [4.69, 9.17) is 80.8 Å². The number of morpholine rings is 1. The number of piperazine rings is 2. The molecular formula is C99H165N17O11. The van der Waals surface area contributed by atoms with Crippen molar-refractivity contribution in [2.75, 3.05) is 369 Å². The number of likely N-dealkylation sites (N-methyl/N-ethyl adjacent to an activating group) is 2. The normalized spacial score (nSPS) is 18.1. The van der Waals surface area contributed by atoms with Crippen molar-refractivity contribution in [1.82, 2.24) is 34.3 Å². The van der Waals surface area contributed by atoms with Gasteiger partial charge in [0.2, 0.25) is 0 Å². The number of nitrogen functional groups attached to an aromatic ring is 5. The molecule has 0 amide bonds. The number of ether oxygens (including phenoxy) is 11. The molecule has 0 atom stereocenters. The number of hydrogen-bond donors (Lipinski definition) is 5. The molecule has 0 bridgehead atoms. The van der Waals surface area contributed by atoms with Gasteiger partial charge in [-0.1, -0.05) is 6.42 Å². The Morgan fingerprint density at radius 1 is 0.220 bits per heavy atom. The van der Waals surface area contributed by atoms with Crippen LogP contribution in [0.5, 0.6) is 28.7 Å². The van der Waals surface area contributed by atoms with E-state index >= 15 is 0 Å². The maximum Gasteiger partial charge on any atom is 0.144 e. The molecule has 5 aromatic carbocycles. The van der Waals surface area contributed by atoms with Crippen molar-refractivity contribution in [1.29, 1.82) is 0 Å². The van der Waals surface area contributed by atoms with Gasteiger partial charge >= 0.3 is 0 Å². The van der Waals surface area contributed by atoms with Crippen LogP contribution >= 0.6 is 0 Å². The van der Waals surface area contributed by atoms with Crippen LogP contribution in [0.3, 0.4) is 0 Å². The van der Waals surface area contributed by atoms with Crippen molar-refractivity contribution < 1.29 is 52.1 Å². The summed E-state index contributed by atoms with van der Waals surface area (Å²) < 4.78 is 62.9. The SMILES string of the molecule is CN1CCN(CCCOCCCCCN2CCOc3cc(N)ccc32)CC1.CN1CCN(CCOCCCCCN2CCOc3cc(N)ccc32)CC1.Nc1ccc2c(c1)OCCN2CCCCCOCCN1CCCC1.Nc1ccc2c(c1)OCCN2CCCCCOCCN1CCCCC1.Nc1ccc2c(c1)OCCN2CCCCCOCCN1CCOCC1. The minimum absolute atomic E-state index is 0.737. The highest BCUT2D eigenvalue weighted by Gasteiger charge is 2.25. The van der Waals surface area contributed by atoms with Gasteiger partial charge in [0.05, 0.1) is 101 Å². The number of fused-ring (bicyclic) bond motifs is 5. The third-order valence-corrected chi connectivity index (χ3v) is 25.7. The van der Waals surface area contributed by atoms with Gasteiger partial charge in [-0.2, -0.15) is 0 Å². The first kappa shape index (κ1) is 100. The van der Waals surface area contributed by atoms with Crippen LogP contribution in [0.2, 0.25) is 0 Å². The van der Waals surface area contributed by atoms with Gasteiger partial charge in [-0.3, -0.25) is 9.80 Å². The van der Waals surface area contributed by atoms with Gasteiger partial charge in [0.25, 0.3) is 0 Å². The molecule has 28 nitrogen and oxygen atoms in total. The number of anilines is 10. The van der Waals surface area contributed by atoms with E-state index in [-0.39, 0.29) is 0 Å². The number of piperidine rings is 1. The number of unbranched alkanes of at least 4 members (excludes halogenated alkanes) is 10. The average molecular weight is 1770 g/mol. The molecule has 5 saturated heterocycles. The van der Waals surface area contributed by atoms with E-state index in [1.165, 1.54) is 210 Å². The monoisotopic (exact) mass is 1770 g/mol. The highest BCUT2D eigenvalue weighted by atomic mass is 16.5. The second-order valence-electron chi connectivity index (χ2n) is 35.7. The average Bonchev–Trinajstić information content (AvgIpc) is 0.932. The van der Waals surface area contributed by atoms with Gasteiger partial charge in [-0.05, 0) is 229 Å². The summed E-state index contributed by atoms with van der Waals surface area (Å²) in [6.45, 7) is 46.5. The van der Waals surface area contributed by atoms with Crippen LogP contribution in [0.1, 0.15) is 135 Å².